The summed E-state index contributed by atoms with van der Waals surface area (Å²) in [5, 5.41) is 6.31. The van der Waals surface area contributed by atoms with Crippen molar-refractivity contribution in [2.45, 2.75) is 26.3 Å². The third-order valence-electron chi connectivity index (χ3n) is 4.47. The van der Waals surface area contributed by atoms with Gasteiger partial charge in [0, 0.05) is 18.4 Å². The number of benzene rings is 2. The van der Waals surface area contributed by atoms with E-state index in [0.29, 0.717) is 18.0 Å². The molecule has 3 rings (SSSR count). The summed E-state index contributed by atoms with van der Waals surface area (Å²) in [7, 11) is 1.63. The summed E-state index contributed by atoms with van der Waals surface area (Å²) in [5.41, 5.74) is 4.54. The molecule has 2 N–H and O–H groups in total. The molecule has 0 fully saturated rings. The van der Waals surface area contributed by atoms with Crippen LogP contribution in [0.4, 0.5) is 11.4 Å². The van der Waals surface area contributed by atoms with Gasteiger partial charge in [0.1, 0.15) is 5.75 Å². The van der Waals surface area contributed by atoms with Crippen LogP contribution in [0.25, 0.3) is 0 Å². The number of hydrogen-bond acceptors (Lipinski definition) is 4. The summed E-state index contributed by atoms with van der Waals surface area (Å²) in [5.74, 6) is 1.02. The Morgan fingerprint density at radius 2 is 1.82 bits per heavy atom. The van der Waals surface area contributed by atoms with Crippen LogP contribution < -0.4 is 15.4 Å². The molecule has 5 heteroatoms. The number of para-hydroxylation sites is 1. The van der Waals surface area contributed by atoms with E-state index in [4.69, 9.17) is 4.74 Å². The number of nitrogens with zero attached hydrogens (tertiary/aromatic N) is 1. The second kappa shape index (κ2) is 9.04. The second-order valence-electron chi connectivity index (χ2n) is 6.86. The maximum Gasteiger partial charge on any atom is 0.253 e. The first-order valence-electron chi connectivity index (χ1n) is 9.29. The Morgan fingerprint density at radius 3 is 2.54 bits per heavy atom. The first-order chi connectivity index (χ1) is 13.6. The molecule has 0 spiro atoms. The van der Waals surface area contributed by atoms with Gasteiger partial charge in [-0.15, -0.1) is 0 Å². The monoisotopic (exact) mass is 375 g/mol. The topological polar surface area (TPSA) is 63.2 Å². The van der Waals surface area contributed by atoms with Crippen LogP contribution in [0.2, 0.25) is 0 Å². The fourth-order valence-electron chi connectivity index (χ4n) is 2.93. The number of pyridine rings is 1. The van der Waals surface area contributed by atoms with Crippen molar-refractivity contribution in [1.29, 1.82) is 0 Å². The number of ether oxygens (including phenoxy) is 1. The van der Waals surface area contributed by atoms with Crippen LogP contribution in [0.3, 0.4) is 0 Å². The molecule has 1 aromatic heterocycles. The van der Waals surface area contributed by atoms with Crippen molar-refractivity contribution in [2.24, 2.45) is 0 Å². The van der Waals surface area contributed by atoms with Crippen LogP contribution in [0.15, 0.2) is 67.0 Å². The van der Waals surface area contributed by atoms with Crippen LogP contribution in [0, 0.1) is 0 Å². The minimum absolute atomic E-state index is 0.163. The highest BCUT2D eigenvalue weighted by molar-refractivity contribution is 5.94. The van der Waals surface area contributed by atoms with E-state index in [0.717, 1.165) is 22.7 Å². The normalized spacial score (nSPS) is 10.6. The first-order valence-corrected chi connectivity index (χ1v) is 9.29. The lowest BCUT2D eigenvalue weighted by molar-refractivity contribution is 0.0950. The lowest BCUT2D eigenvalue weighted by atomic mass is 10.0. The predicted molar refractivity (Wildman–Crippen MR) is 112 cm³/mol. The first kappa shape index (κ1) is 19.4. The van der Waals surface area contributed by atoms with Crippen molar-refractivity contribution < 1.29 is 9.53 Å². The van der Waals surface area contributed by atoms with Gasteiger partial charge in [0.05, 0.1) is 24.6 Å². The summed E-state index contributed by atoms with van der Waals surface area (Å²) in [6.45, 7) is 4.75. The molecule has 0 aliphatic heterocycles. The van der Waals surface area contributed by atoms with E-state index in [1.54, 1.807) is 19.5 Å². The van der Waals surface area contributed by atoms with Gasteiger partial charge in [0.25, 0.3) is 5.91 Å². The van der Waals surface area contributed by atoms with E-state index < -0.39 is 0 Å². The van der Waals surface area contributed by atoms with Gasteiger partial charge in [-0.25, -0.2) is 0 Å². The Kier molecular flexibility index (Phi) is 6.27. The molecule has 144 valence electrons. The molecule has 0 atom stereocenters. The number of anilines is 2. The molecule has 28 heavy (non-hydrogen) atoms. The molecule has 3 aromatic rings. The van der Waals surface area contributed by atoms with Gasteiger partial charge in [-0.3, -0.25) is 9.78 Å². The van der Waals surface area contributed by atoms with Crippen molar-refractivity contribution >= 4 is 17.3 Å². The fourth-order valence-corrected chi connectivity index (χ4v) is 2.93. The summed E-state index contributed by atoms with van der Waals surface area (Å²) >= 11 is 0. The Balaban J connectivity index is 1.67. The van der Waals surface area contributed by atoms with Crippen LogP contribution in [-0.4, -0.2) is 18.0 Å². The fraction of sp³-hybridized carbons (Fsp3) is 0.217. The third kappa shape index (κ3) is 4.88. The van der Waals surface area contributed by atoms with Crippen molar-refractivity contribution in [3.63, 3.8) is 0 Å². The Hall–Kier alpha value is -3.34. The molecule has 0 aliphatic carbocycles. The Labute approximate surface area is 165 Å². The molecule has 0 radical (unpaired) electrons. The number of methoxy groups -OCH3 is 1. The van der Waals surface area contributed by atoms with Crippen LogP contribution in [0.1, 0.15) is 41.3 Å². The van der Waals surface area contributed by atoms with E-state index in [9.17, 15) is 4.79 Å². The average molecular weight is 375 g/mol. The summed E-state index contributed by atoms with van der Waals surface area (Å²) in [6.07, 6.45) is 3.29. The van der Waals surface area contributed by atoms with Crippen molar-refractivity contribution in [3.05, 3.63) is 83.7 Å². The maximum absolute atomic E-state index is 12.5. The molecule has 0 saturated carbocycles. The number of hydrogen-bond donors (Lipinski definition) is 2. The van der Waals surface area contributed by atoms with Crippen LogP contribution >= 0.6 is 0 Å². The molecular weight excluding hydrogens is 350 g/mol. The molecule has 0 bridgehead atoms. The van der Waals surface area contributed by atoms with Gasteiger partial charge < -0.3 is 15.4 Å². The van der Waals surface area contributed by atoms with Gasteiger partial charge in [-0.05, 0) is 41.3 Å². The SMILES string of the molecule is COc1ccc(CNC(=O)c2cncc(Nc3ccccc3C(C)C)c2)cc1. The van der Waals surface area contributed by atoms with E-state index >= 15 is 0 Å². The lowest BCUT2D eigenvalue weighted by Crippen LogP contribution is -2.23. The number of carbonyl (C=O) groups is 1. The number of carbonyl (C=O) groups excluding carboxylic acids is 1. The van der Waals surface area contributed by atoms with Gasteiger partial charge in [0.15, 0.2) is 0 Å². The van der Waals surface area contributed by atoms with E-state index in [2.05, 4.69) is 35.5 Å². The average Bonchev–Trinajstić information content (AvgIpc) is 2.73. The third-order valence-corrected chi connectivity index (χ3v) is 4.47. The molecule has 0 saturated heterocycles. The van der Waals surface area contributed by atoms with Gasteiger partial charge in [-0.1, -0.05) is 44.2 Å². The Bertz CT molecular complexity index is 937. The van der Waals surface area contributed by atoms with E-state index in [1.807, 2.05) is 48.5 Å². The van der Waals surface area contributed by atoms with Gasteiger partial charge in [-0.2, -0.15) is 0 Å². The minimum atomic E-state index is -0.163. The number of amides is 1. The molecule has 1 amide bonds. The quantitative estimate of drug-likeness (QED) is 0.617. The molecule has 1 heterocycles. The molecule has 5 nitrogen and oxygen atoms in total. The standard InChI is InChI=1S/C23H25N3O2/c1-16(2)21-6-4-5-7-22(21)26-19-12-18(14-24-15-19)23(27)25-13-17-8-10-20(28-3)11-9-17/h4-12,14-16,26H,13H2,1-3H3,(H,25,27). The number of aromatic nitrogens is 1. The Morgan fingerprint density at radius 1 is 1.07 bits per heavy atom. The minimum Gasteiger partial charge on any atom is -0.497 e. The molecule has 2 aromatic carbocycles. The van der Waals surface area contributed by atoms with Crippen LogP contribution in [0.5, 0.6) is 5.75 Å². The van der Waals surface area contributed by atoms with E-state index in [1.165, 1.54) is 5.56 Å². The number of nitrogens with one attached hydrogen (secondary N) is 2. The smallest absolute Gasteiger partial charge is 0.253 e. The second-order valence-corrected chi connectivity index (χ2v) is 6.86. The zero-order valence-corrected chi connectivity index (χ0v) is 16.4. The zero-order chi connectivity index (χ0) is 19.9. The maximum atomic E-state index is 12.5. The molecule has 0 aliphatic rings. The van der Waals surface area contributed by atoms with Gasteiger partial charge >= 0.3 is 0 Å². The summed E-state index contributed by atoms with van der Waals surface area (Å²) in [6, 6.07) is 17.6. The van der Waals surface area contributed by atoms with Crippen molar-refractivity contribution in [1.82, 2.24) is 10.3 Å². The summed E-state index contributed by atoms with van der Waals surface area (Å²) < 4.78 is 5.15. The highest BCUT2D eigenvalue weighted by Crippen LogP contribution is 2.26. The highest BCUT2D eigenvalue weighted by Gasteiger charge is 2.09. The zero-order valence-electron chi connectivity index (χ0n) is 16.4. The lowest BCUT2D eigenvalue weighted by Gasteiger charge is -2.15. The van der Waals surface area contributed by atoms with E-state index in [-0.39, 0.29) is 5.91 Å². The largest absolute Gasteiger partial charge is 0.497 e. The number of rotatable bonds is 7. The van der Waals surface area contributed by atoms with Crippen molar-refractivity contribution in [2.75, 3.05) is 12.4 Å². The van der Waals surface area contributed by atoms with Gasteiger partial charge in [0.2, 0.25) is 0 Å². The highest BCUT2D eigenvalue weighted by atomic mass is 16.5. The molecule has 0 unspecified atom stereocenters. The van der Waals surface area contributed by atoms with Crippen LogP contribution in [-0.2, 0) is 6.54 Å². The molecular formula is C23H25N3O2. The van der Waals surface area contributed by atoms with Crippen molar-refractivity contribution in [3.8, 4) is 5.75 Å². The predicted octanol–water partition coefficient (Wildman–Crippen LogP) is 4.89. The summed E-state index contributed by atoms with van der Waals surface area (Å²) in [4.78, 5) is 16.7.